The van der Waals surface area contributed by atoms with Crippen LogP contribution in [0.2, 0.25) is 0 Å². The lowest BCUT2D eigenvalue weighted by Crippen LogP contribution is -2.41. The predicted molar refractivity (Wildman–Crippen MR) is 138 cm³/mol. The van der Waals surface area contributed by atoms with Crippen LogP contribution in [0, 0.1) is 5.92 Å². The highest BCUT2D eigenvalue weighted by Gasteiger charge is 2.18. The SMILES string of the molecule is CCCCCCCC[N+](C)(C)CCCCCCCCCC(CC)C(=O)Oc1ccccc1. The smallest absolute Gasteiger partial charge is 0.314 e. The van der Waals surface area contributed by atoms with Gasteiger partial charge < -0.3 is 9.22 Å². The van der Waals surface area contributed by atoms with Crippen LogP contribution in [-0.4, -0.2) is 37.6 Å². The summed E-state index contributed by atoms with van der Waals surface area (Å²) in [6, 6.07) is 9.43. The van der Waals surface area contributed by atoms with Gasteiger partial charge in [-0.3, -0.25) is 4.79 Å². The Bertz CT molecular complexity index is 570. The van der Waals surface area contributed by atoms with Crippen molar-refractivity contribution in [2.24, 2.45) is 5.92 Å². The van der Waals surface area contributed by atoms with Crippen molar-refractivity contribution in [2.75, 3.05) is 27.2 Å². The lowest BCUT2D eigenvalue weighted by Gasteiger charge is -2.30. The number of carbonyl (C=O) groups excluding carboxylic acids is 1. The first-order chi connectivity index (χ1) is 15.5. The second-order valence-corrected chi connectivity index (χ2v) is 10.3. The topological polar surface area (TPSA) is 26.3 Å². The molecular formula is C29H52NO2+. The van der Waals surface area contributed by atoms with E-state index in [1.165, 1.54) is 94.6 Å². The van der Waals surface area contributed by atoms with Crippen LogP contribution in [-0.2, 0) is 4.79 Å². The highest BCUT2D eigenvalue weighted by Crippen LogP contribution is 2.19. The molecule has 0 bridgehead atoms. The van der Waals surface area contributed by atoms with E-state index < -0.39 is 0 Å². The quantitative estimate of drug-likeness (QED) is 0.0873. The molecular weight excluding hydrogens is 394 g/mol. The standard InChI is InChI=1S/C29H52NO2/c1-5-7-8-9-14-20-25-30(3,4)26-21-15-12-10-11-13-17-22-27(6-2)29(31)32-28-23-18-16-19-24-28/h16,18-19,23-24,27H,5-15,17,20-22,25-26H2,1-4H3/q+1. The van der Waals surface area contributed by atoms with Gasteiger partial charge in [-0.1, -0.05) is 89.8 Å². The Labute approximate surface area is 199 Å². The zero-order chi connectivity index (χ0) is 23.5. The number of rotatable bonds is 20. The summed E-state index contributed by atoms with van der Waals surface area (Å²) < 4.78 is 6.71. The predicted octanol–water partition coefficient (Wildman–Crippen LogP) is 8.18. The molecule has 0 saturated carbocycles. The van der Waals surface area contributed by atoms with Gasteiger partial charge in [0.2, 0.25) is 0 Å². The third-order valence-corrected chi connectivity index (χ3v) is 6.72. The van der Waals surface area contributed by atoms with Crippen molar-refractivity contribution in [3.8, 4) is 5.75 Å². The van der Waals surface area contributed by atoms with Gasteiger partial charge in [-0.15, -0.1) is 0 Å². The number of hydrogen-bond donors (Lipinski definition) is 0. The van der Waals surface area contributed by atoms with Crippen LogP contribution in [0.3, 0.4) is 0 Å². The Morgan fingerprint density at radius 3 is 1.78 bits per heavy atom. The Morgan fingerprint density at radius 2 is 1.25 bits per heavy atom. The summed E-state index contributed by atoms with van der Waals surface area (Å²) in [5.41, 5.74) is 0. The zero-order valence-electron chi connectivity index (χ0n) is 21.7. The molecule has 1 rings (SSSR count). The van der Waals surface area contributed by atoms with Crippen LogP contribution in [0.1, 0.15) is 110 Å². The summed E-state index contributed by atoms with van der Waals surface area (Å²) in [4.78, 5) is 12.4. The van der Waals surface area contributed by atoms with Crippen molar-refractivity contribution < 1.29 is 14.0 Å². The summed E-state index contributed by atoms with van der Waals surface area (Å²) in [5, 5.41) is 0. The molecule has 0 fully saturated rings. The summed E-state index contributed by atoms with van der Waals surface area (Å²) in [5.74, 6) is 0.618. The van der Waals surface area contributed by atoms with Crippen LogP contribution in [0.5, 0.6) is 5.75 Å². The van der Waals surface area contributed by atoms with E-state index in [4.69, 9.17) is 4.74 Å². The molecule has 0 amide bonds. The lowest BCUT2D eigenvalue weighted by atomic mass is 9.98. The largest absolute Gasteiger partial charge is 0.426 e. The molecule has 1 unspecified atom stereocenters. The van der Waals surface area contributed by atoms with Gasteiger partial charge in [0.1, 0.15) is 5.75 Å². The van der Waals surface area contributed by atoms with Gasteiger partial charge in [-0.2, -0.15) is 0 Å². The number of unbranched alkanes of at least 4 members (excludes halogenated alkanes) is 11. The minimum atomic E-state index is -0.0691. The second kappa shape index (κ2) is 18.1. The van der Waals surface area contributed by atoms with Gasteiger partial charge in [0.25, 0.3) is 0 Å². The maximum Gasteiger partial charge on any atom is 0.314 e. The van der Waals surface area contributed by atoms with E-state index in [0.29, 0.717) is 5.75 Å². The third kappa shape index (κ3) is 14.7. The van der Waals surface area contributed by atoms with Crippen LogP contribution in [0.15, 0.2) is 30.3 Å². The van der Waals surface area contributed by atoms with E-state index in [1.807, 2.05) is 30.3 Å². The summed E-state index contributed by atoms with van der Waals surface area (Å²) in [6.45, 7) is 7.02. The van der Waals surface area contributed by atoms with Gasteiger partial charge in [0.15, 0.2) is 0 Å². The number of quaternary nitrogens is 1. The monoisotopic (exact) mass is 446 g/mol. The Balaban J connectivity index is 2.00. The fourth-order valence-electron chi connectivity index (χ4n) is 4.42. The average molecular weight is 447 g/mol. The number of hydrogen-bond acceptors (Lipinski definition) is 2. The lowest BCUT2D eigenvalue weighted by molar-refractivity contribution is -0.890. The van der Waals surface area contributed by atoms with Gasteiger partial charge in [-0.25, -0.2) is 0 Å². The van der Waals surface area contributed by atoms with Crippen molar-refractivity contribution in [3.05, 3.63) is 30.3 Å². The van der Waals surface area contributed by atoms with E-state index in [0.717, 1.165) is 19.3 Å². The number of benzene rings is 1. The zero-order valence-corrected chi connectivity index (χ0v) is 21.7. The molecule has 0 aliphatic carbocycles. The molecule has 1 aromatic rings. The van der Waals surface area contributed by atoms with Gasteiger partial charge in [0.05, 0.1) is 33.1 Å². The highest BCUT2D eigenvalue weighted by molar-refractivity contribution is 5.75. The normalized spacial score (nSPS) is 12.6. The Hall–Kier alpha value is -1.35. The van der Waals surface area contributed by atoms with Crippen molar-refractivity contribution >= 4 is 5.97 Å². The first-order valence-corrected chi connectivity index (χ1v) is 13.6. The maximum absolute atomic E-state index is 12.4. The average Bonchev–Trinajstić information content (AvgIpc) is 2.78. The Morgan fingerprint density at radius 1 is 0.750 bits per heavy atom. The minimum Gasteiger partial charge on any atom is -0.426 e. The van der Waals surface area contributed by atoms with Crippen LogP contribution in [0.25, 0.3) is 0 Å². The third-order valence-electron chi connectivity index (χ3n) is 6.72. The molecule has 0 spiro atoms. The summed E-state index contributed by atoms with van der Waals surface area (Å²) in [7, 11) is 4.80. The van der Waals surface area contributed by atoms with Gasteiger partial charge in [-0.05, 0) is 50.7 Å². The van der Waals surface area contributed by atoms with E-state index in [9.17, 15) is 4.79 Å². The number of nitrogens with zero attached hydrogens (tertiary/aromatic N) is 1. The molecule has 32 heavy (non-hydrogen) atoms. The van der Waals surface area contributed by atoms with Crippen molar-refractivity contribution in [1.29, 1.82) is 0 Å². The van der Waals surface area contributed by atoms with E-state index >= 15 is 0 Å². The fraction of sp³-hybridized carbons (Fsp3) is 0.759. The van der Waals surface area contributed by atoms with Crippen molar-refractivity contribution in [2.45, 2.75) is 110 Å². The van der Waals surface area contributed by atoms with Crippen molar-refractivity contribution in [3.63, 3.8) is 0 Å². The molecule has 0 radical (unpaired) electrons. The van der Waals surface area contributed by atoms with E-state index in [1.54, 1.807) is 0 Å². The first kappa shape index (κ1) is 28.7. The molecule has 3 nitrogen and oxygen atoms in total. The Kier molecular flexibility index (Phi) is 16.2. The second-order valence-electron chi connectivity index (χ2n) is 10.3. The molecule has 0 N–H and O–H groups in total. The summed E-state index contributed by atoms with van der Waals surface area (Å²) in [6.07, 6.45) is 19.2. The van der Waals surface area contributed by atoms with Crippen molar-refractivity contribution in [1.82, 2.24) is 0 Å². The molecule has 1 atom stereocenters. The minimum absolute atomic E-state index is 0.0295. The number of esters is 1. The van der Waals surface area contributed by atoms with Gasteiger partial charge >= 0.3 is 5.97 Å². The van der Waals surface area contributed by atoms with E-state index in [-0.39, 0.29) is 11.9 Å². The molecule has 0 aliphatic heterocycles. The van der Waals surface area contributed by atoms with Crippen LogP contribution >= 0.6 is 0 Å². The fourth-order valence-corrected chi connectivity index (χ4v) is 4.42. The molecule has 0 aliphatic rings. The number of ether oxygens (including phenoxy) is 1. The van der Waals surface area contributed by atoms with E-state index in [2.05, 4.69) is 27.9 Å². The van der Waals surface area contributed by atoms with Gasteiger partial charge in [0, 0.05) is 0 Å². The highest BCUT2D eigenvalue weighted by atomic mass is 16.5. The number of carbonyl (C=O) groups is 1. The molecule has 0 heterocycles. The molecule has 0 aromatic heterocycles. The maximum atomic E-state index is 12.4. The molecule has 184 valence electrons. The number of para-hydroxylation sites is 1. The first-order valence-electron chi connectivity index (χ1n) is 13.6. The molecule has 3 heteroatoms. The van der Waals surface area contributed by atoms with Crippen LogP contribution in [0.4, 0.5) is 0 Å². The molecule has 1 aromatic carbocycles. The summed E-state index contributed by atoms with van der Waals surface area (Å²) >= 11 is 0. The van der Waals surface area contributed by atoms with Crippen LogP contribution < -0.4 is 4.74 Å². The molecule has 0 saturated heterocycles.